The van der Waals surface area contributed by atoms with E-state index in [0.717, 1.165) is 42.7 Å². The minimum atomic E-state index is -0.199. The van der Waals surface area contributed by atoms with Crippen molar-refractivity contribution in [1.29, 1.82) is 0 Å². The van der Waals surface area contributed by atoms with Crippen LogP contribution in [-0.2, 0) is 4.79 Å². The van der Waals surface area contributed by atoms with Gasteiger partial charge in [0, 0.05) is 19.1 Å². The molecule has 0 radical (unpaired) electrons. The van der Waals surface area contributed by atoms with Gasteiger partial charge >= 0.3 is 0 Å². The predicted octanol–water partition coefficient (Wildman–Crippen LogP) is 2.94. The van der Waals surface area contributed by atoms with Crippen LogP contribution < -0.4 is 10.2 Å². The average Bonchev–Trinajstić information content (AvgIpc) is 3.11. The second kappa shape index (κ2) is 7.31. The van der Waals surface area contributed by atoms with E-state index >= 15 is 0 Å². The van der Waals surface area contributed by atoms with E-state index in [2.05, 4.69) is 56.2 Å². The van der Waals surface area contributed by atoms with Crippen LogP contribution in [0.2, 0.25) is 0 Å². The molecule has 1 aromatic heterocycles. The number of anilines is 1. The van der Waals surface area contributed by atoms with Gasteiger partial charge in [-0.3, -0.25) is 9.36 Å². The van der Waals surface area contributed by atoms with Crippen LogP contribution in [0.4, 0.5) is 5.95 Å². The van der Waals surface area contributed by atoms with Crippen molar-refractivity contribution < 1.29 is 4.79 Å². The number of nitrogens with one attached hydrogen (secondary N) is 1. The van der Waals surface area contributed by atoms with Gasteiger partial charge < -0.3 is 10.2 Å². The lowest BCUT2D eigenvalue weighted by molar-refractivity contribution is -0.120. The standard InChI is InChI=1S/C19H25N5OS/c1-13-5-9-16(10-6-13)24-18(23-11-3-4-12-23)21-22-19(24)26-14(2)17(25)20-15-7-8-15/h5-6,9-10,14-15H,3-4,7-8,11-12H2,1-2H3,(H,20,25). The zero-order valence-electron chi connectivity index (χ0n) is 15.3. The Bertz CT molecular complexity index is 778. The first kappa shape index (κ1) is 17.4. The number of hydrogen-bond acceptors (Lipinski definition) is 5. The molecule has 1 atom stereocenters. The highest BCUT2D eigenvalue weighted by molar-refractivity contribution is 8.00. The fraction of sp³-hybridized carbons (Fsp3) is 0.526. The zero-order valence-corrected chi connectivity index (χ0v) is 16.1. The second-order valence-electron chi connectivity index (χ2n) is 7.19. The molecule has 4 rings (SSSR count). The average molecular weight is 372 g/mol. The summed E-state index contributed by atoms with van der Waals surface area (Å²) in [6, 6.07) is 8.76. The fourth-order valence-electron chi connectivity index (χ4n) is 3.14. The van der Waals surface area contributed by atoms with E-state index in [1.807, 2.05) is 6.92 Å². The maximum atomic E-state index is 12.4. The highest BCUT2D eigenvalue weighted by Gasteiger charge is 2.28. The van der Waals surface area contributed by atoms with Crippen molar-refractivity contribution in [3.8, 4) is 5.69 Å². The van der Waals surface area contributed by atoms with Crippen molar-refractivity contribution in [2.45, 2.75) is 56.0 Å². The molecule has 0 spiro atoms. The number of carbonyl (C=O) groups excluding carboxylic acids is 1. The van der Waals surface area contributed by atoms with Gasteiger partial charge in [0.1, 0.15) is 0 Å². The molecule has 2 aromatic rings. The van der Waals surface area contributed by atoms with Gasteiger partial charge in [-0.05, 0) is 51.7 Å². The lowest BCUT2D eigenvalue weighted by atomic mass is 10.2. The lowest BCUT2D eigenvalue weighted by Crippen LogP contribution is -2.32. The molecule has 1 aliphatic heterocycles. The van der Waals surface area contributed by atoms with Gasteiger partial charge in [-0.25, -0.2) is 0 Å². The summed E-state index contributed by atoms with van der Waals surface area (Å²) in [7, 11) is 0. The van der Waals surface area contributed by atoms with Crippen molar-refractivity contribution in [3.63, 3.8) is 0 Å². The number of carbonyl (C=O) groups is 1. The Balaban J connectivity index is 1.62. The number of aryl methyl sites for hydroxylation is 1. The molecule has 26 heavy (non-hydrogen) atoms. The number of nitrogens with zero attached hydrogens (tertiary/aromatic N) is 4. The maximum Gasteiger partial charge on any atom is 0.233 e. The zero-order chi connectivity index (χ0) is 18.1. The van der Waals surface area contributed by atoms with E-state index in [1.165, 1.54) is 30.2 Å². The molecule has 6 nitrogen and oxygen atoms in total. The van der Waals surface area contributed by atoms with Gasteiger partial charge in [-0.15, -0.1) is 10.2 Å². The van der Waals surface area contributed by atoms with E-state index in [0.29, 0.717) is 6.04 Å². The summed E-state index contributed by atoms with van der Waals surface area (Å²) in [5.74, 6) is 0.960. The summed E-state index contributed by atoms with van der Waals surface area (Å²) in [5, 5.41) is 12.5. The third-order valence-corrected chi connectivity index (χ3v) is 5.92. The van der Waals surface area contributed by atoms with Crippen molar-refractivity contribution in [3.05, 3.63) is 29.8 Å². The first-order valence-corrected chi connectivity index (χ1v) is 10.2. The first-order chi connectivity index (χ1) is 12.6. The van der Waals surface area contributed by atoms with Gasteiger partial charge in [-0.1, -0.05) is 29.5 Å². The Morgan fingerprint density at radius 1 is 1.19 bits per heavy atom. The van der Waals surface area contributed by atoms with Gasteiger partial charge in [0.2, 0.25) is 11.9 Å². The Kier molecular flexibility index (Phi) is 4.89. The van der Waals surface area contributed by atoms with Crippen molar-refractivity contribution >= 4 is 23.6 Å². The van der Waals surface area contributed by atoms with Crippen LogP contribution >= 0.6 is 11.8 Å². The summed E-state index contributed by atoms with van der Waals surface area (Å²) in [6.07, 6.45) is 4.57. The molecule has 2 aliphatic rings. The SMILES string of the molecule is Cc1ccc(-n2c(SC(C)C(=O)NC3CC3)nnc2N2CCCC2)cc1. The predicted molar refractivity (Wildman–Crippen MR) is 104 cm³/mol. The van der Waals surface area contributed by atoms with Crippen LogP contribution in [0.15, 0.2) is 29.4 Å². The van der Waals surface area contributed by atoms with Crippen LogP contribution in [0.1, 0.15) is 38.2 Å². The fourth-order valence-corrected chi connectivity index (χ4v) is 4.01. The number of benzene rings is 1. The number of hydrogen-bond donors (Lipinski definition) is 1. The molecule has 1 aliphatic carbocycles. The lowest BCUT2D eigenvalue weighted by Gasteiger charge is -2.19. The van der Waals surface area contributed by atoms with E-state index in [1.54, 1.807) is 0 Å². The second-order valence-corrected chi connectivity index (χ2v) is 8.50. The van der Waals surface area contributed by atoms with Crippen LogP contribution in [0.3, 0.4) is 0 Å². The van der Waals surface area contributed by atoms with E-state index < -0.39 is 0 Å². The number of aromatic nitrogens is 3. The summed E-state index contributed by atoms with van der Waals surface area (Å²) < 4.78 is 2.09. The molecular weight excluding hydrogens is 346 g/mol. The molecule has 138 valence electrons. The third-order valence-electron chi connectivity index (χ3n) is 4.87. The molecular formula is C19H25N5OS. The molecule has 1 saturated heterocycles. The molecule has 1 aromatic carbocycles. The Morgan fingerprint density at radius 3 is 2.54 bits per heavy atom. The van der Waals surface area contributed by atoms with Gasteiger partial charge in [0.25, 0.3) is 0 Å². The van der Waals surface area contributed by atoms with Crippen molar-refractivity contribution in [2.75, 3.05) is 18.0 Å². The Hall–Kier alpha value is -2.02. The quantitative estimate of drug-likeness (QED) is 0.791. The minimum absolute atomic E-state index is 0.0821. The van der Waals surface area contributed by atoms with E-state index in [9.17, 15) is 4.79 Å². The molecule has 0 bridgehead atoms. The largest absolute Gasteiger partial charge is 0.352 e. The summed E-state index contributed by atoms with van der Waals surface area (Å²) >= 11 is 1.48. The van der Waals surface area contributed by atoms with Crippen molar-refractivity contribution in [1.82, 2.24) is 20.1 Å². The smallest absolute Gasteiger partial charge is 0.233 e. The van der Waals surface area contributed by atoms with Crippen molar-refractivity contribution in [2.24, 2.45) is 0 Å². The first-order valence-electron chi connectivity index (χ1n) is 9.36. The van der Waals surface area contributed by atoms with Gasteiger partial charge in [0.05, 0.1) is 10.9 Å². The van der Waals surface area contributed by atoms with Crippen LogP contribution in [0.5, 0.6) is 0 Å². The molecule has 2 fully saturated rings. The molecule has 1 unspecified atom stereocenters. The number of rotatable bonds is 6. The third kappa shape index (κ3) is 3.72. The van der Waals surface area contributed by atoms with E-state index in [-0.39, 0.29) is 11.2 Å². The Morgan fingerprint density at radius 2 is 1.88 bits per heavy atom. The maximum absolute atomic E-state index is 12.4. The van der Waals surface area contributed by atoms with E-state index in [4.69, 9.17) is 0 Å². The molecule has 1 saturated carbocycles. The monoisotopic (exact) mass is 371 g/mol. The minimum Gasteiger partial charge on any atom is -0.352 e. The number of amides is 1. The summed E-state index contributed by atoms with van der Waals surface area (Å²) in [5.41, 5.74) is 2.26. The summed E-state index contributed by atoms with van der Waals surface area (Å²) in [4.78, 5) is 14.6. The molecule has 1 N–H and O–H groups in total. The molecule has 1 amide bonds. The Labute approximate surface area is 158 Å². The van der Waals surface area contributed by atoms with Crippen LogP contribution in [0.25, 0.3) is 5.69 Å². The van der Waals surface area contributed by atoms with Crippen LogP contribution in [0, 0.1) is 6.92 Å². The topological polar surface area (TPSA) is 63.1 Å². The highest BCUT2D eigenvalue weighted by Crippen LogP contribution is 2.31. The highest BCUT2D eigenvalue weighted by atomic mass is 32.2. The van der Waals surface area contributed by atoms with Gasteiger partial charge in [0.15, 0.2) is 5.16 Å². The summed E-state index contributed by atoms with van der Waals surface area (Å²) in [6.45, 7) is 6.03. The normalized spacial score (nSPS) is 18.2. The van der Waals surface area contributed by atoms with Gasteiger partial charge in [-0.2, -0.15) is 0 Å². The molecule has 2 heterocycles. The van der Waals surface area contributed by atoms with Crippen LogP contribution in [-0.4, -0.2) is 45.1 Å². The molecule has 7 heteroatoms. The number of thioether (sulfide) groups is 1.